The molecule has 17 heavy (non-hydrogen) atoms. The van der Waals surface area contributed by atoms with Gasteiger partial charge in [0.2, 0.25) is 0 Å². The Hall–Kier alpha value is -1.33. The van der Waals surface area contributed by atoms with Crippen molar-refractivity contribution in [2.45, 2.75) is 10.6 Å². The predicted octanol–water partition coefficient (Wildman–Crippen LogP) is 3.88. The zero-order valence-corrected chi connectivity index (χ0v) is 10.4. The third kappa shape index (κ3) is 3.31. The molecule has 2 rings (SSSR count). The molecule has 1 aromatic heterocycles. The van der Waals surface area contributed by atoms with Gasteiger partial charge in [0.1, 0.15) is 10.7 Å². The van der Waals surface area contributed by atoms with E-state index in [1.807, 2.05) is 6.07 Å². The summed E-state index contributed by atoms with van der Waals surface area (Å²) in [6, 6.07) is 8.04. The van der Waals surface area contributed by atoms with E-state index in [0.29, 0.717) is 10.6 Å². The molecule has 0 aliphatic carbocycles. The van der Waals surface area contributed by atoms with Crippen LogP contribution in [0.25, 0.3) is 0 Å². The minimum absolute atomic E-state index is 0.250. The van der Waals surface area contributed by atoms with Gasteiger partial charge in [0, 0.05) is 16.0 Å². The average molecular weight is 268 g/mol. The molecule has 0 aliphatic rings. The molecule has 0 unspecified atom stereocenters. The minimum Gasteiger partial charge on any atom is -0.477 e. The fourth-order valence-corrected chi connectivity index (χ4v) is 3.11. The largest absolute Gasteiger partial charge is 0.477 e. The number of carboxylic acids is 1. The first-order valence-electron chi connectivity index (χ1n) is 4.84. The van der Waals surface area contributed by atoms with Crippen LogP contribution in [0.4, 0.5) is 4.39 Å². The summed E-state index contributed by atoms with van der Waals surface area (Å²) in [6.45, 7) is 0. The Labute approximate surface area is 106 Å². The molecule has 88 valence electrons. The summed E-state index contributed by atoms with van der Waals surface area (Å²) in [5.74, 6) is -0.527. The number of halogens is 1. The van der Waals surface area contributed by atoms with Gasteiger partial charge in [-0.05, 0) is 23.8 Å². The van der Waals surface area contributed by atoms with Crippen LogP contribution >= 0.6 is 23.1 Å². The second kappa shape index (κ2) is 5.33. The molecule has 0 saturated heterocycles. The van der Waals surface area contributed by atoms with Gasteiger partial charge in [-0.2, -0.15) is 0 Å². The summed E-state index contributed by atoms with van der Waals surface area (Å²) < 4.78 is 12.9. The number of thiophene rings is 1. The van der Waals surface area contributed by atoms with Crippen LogP contribution in [0.5, 0.6) is 0 Å². The topological polar surface area (TPSA) is 37.3 Å². The molecule has 0 fully saturated rings. The average Bonchev–Trinajstić information content (AvgIpc) is 2.75. The number of carboxylic acid groups (broad SMARTS) is 1. The van der Waals surface area contributed by atoms with Crippen LogP contribution in [0.15, 0.2) is 40.6 Å². The molecule has 0 saturated carbocycles. The van der Waals surface area contributed by atoms with Crippen molar-refractivity contribution < 1.29 is 14.3 Å². The van der Waals surface area contributed by atoms with Crippen molar-refractivity contribution in [1.82, 2.24) is 0 Å². The van der Waals surface area contributed by atoms with Crippen LogP contribution in [-0.4, -0.2) is 11.1 Å². The smallest absolute Gasteiger partial charge is 0.345 e. The van der Waals surface area contributed by atoms with Crippen LogP contribution in [-0.2, 0) is 5.75 Å². The molecular formula is C12H9FO2S2. The maximum Gasteiger partial charge on any atom is 0.345 e. The highest BCUT2D eigenvalue weighted by atomic mass is 32.2. The zero-order valence-electron chi connectivity index (χ0n) is 8.72. The van der Waals surface area contributed by atoms with Crippen molar-refractivity contribution in [2.24, 2.45) is 0 Å². The SMILES string of the molecule is O=C(O)c1cc(SCc2cccc(F)c2)cs1. The molecule has 1 heterocycles. The standard InChI is InChI=1S/C12H9FO2S2/c13-9-3-1-2-8(4-9)6-16-10-5-11(12(14)15)17-7-10/h1-5,7H,6H2,(H,14,15). The third-order valence-corrected chi connectivity index (χ3v) is 4.19. The van der Waals surface area contributed by atoms with Crippen molar-refractivity contribution in [3.05, 3.63) is 52.0 Å². The summed E-state index contributed by atoms with van der Waals surface area (Å²) >= 11 is 2.70. The van der Waals surface area contributed by atoms with Crippen LogP contribution in [0.2, 0.25) is 0 Å². The van der Waals surface area contributed by atoms with Gasteiger partial charge in [-0.3, -0.25) is 0 Å². The van der Waals surface area contributed by atoms with E-state index in [4.69, 9.17) is 5.11 Å². The van der Waals surface area contributed by atoms with Gasteiger partial charge >= 0.3 is 5.97 Å². The first-order chi connectivity index (χ1) is 8.15. The lowest BCUT2D eigenvalue weighted by Gasteiger charge is -1.99. The number of hydrogen-bond donors (Lipinski definition) is 1. The van der Waals surface area contributed by atoms with Gasteiger partial charge in [0.15, 0.2) is 0 Å². The molecule has 1 N–H and O–H groups in total. The summed E-state index contributed by atoms with van der Waals surface area (Å²) in [7, 11) is 0. The van der Waals surface area contributed by atoms with E-state index in [2.05, 4.69) is 0 Å². The van der Waals surface area contributed by atoms with Crippen molar-refractivity contribution in [1.29, 1.82) is 0 Å². The summed E-state index contributed by atoms with van der Waals surface area (Å²) in [5.41, 5.74) is 0.887. The monoisotopic (exact) mass is 268 g/mol. The van der Waals surface area contributed by atoms with Crippen molar-refractivity contribution in [3.8, 4) is 0 Å². The van der Waals surface area contributed by atoms with E-state index >= 15 is 0 Å². The molecule has 0 aliphatic heterocycles. The van der Waals surface area contributed by atoms with Crippen LogP contribution in [0.1, 0.15) is 15.2 Å². The van der Waals surface area contributed by atoms with Crippen molar-refractivity contribution in [2.75, 3.05) is 0 Å². The molecular weight excluding hydrogens is 259 g/mol. The van der Waals surface area contributed by atoms with Gasteiger partial charge in [0.25, 0.3) is 0 Å². The van der Waals surface area contributed by atoms with Gasteiger partial charge in [-0.25, -0.2) is 9.18 Å². The van der Waals surface area contributed by atoms with Gasteiger partial charge < -0.3 is 5.11 Å². The van der Waals surface area contributed by atoms with Crippen molar-refractivity contribution >= 4 is 29.1 Å². The van der Waals surface area contributed by atoms with Gasteiger partial charge in [-0.15, -0.1) is 23.1 Å². The number of benzene rings is 1. The number of rotatable bonds is 4. The Kier molecular flexibility index (Phi) is 3.81. The molecule has 0 radical (unpaired) electrons. The molecule has 0 spiro atoms. The number of aromatic carboxylic acids is 1. The Bertz CT molecular complexity index is 537. The van der Waals surface area contributed by atoms with Crippen LogP contribution in [0.3, 0.4) is 0 Å². The molecule has 0 atom stereocenters. The summed E-state index contributed by atoms with van der Waals surface area (Å²) in [5, 5.41) is 10.6. The molecule has 5 heteroatoms. The Morgan fingerprint density at radius 2 is 2.24 bits per heavy atom. The van der Waals surface area contributed by atoms with E-state index in [-0.39, 0.29) is 5.82 Å². The van der Waals surface area contributed by atoms with E-state index in [1.54, 1.807) is 17.5 Å². The lowest BCUT2D eigenvalue weighted by molar-refractivity contribution is 0.0702. The normalized spacial score (nSPS) is 10.4. The van der Waals surface area contributed by atoms with E-state index in [9.17, 15) is 9.18 Å². The summed E-state index contributed by atoms with van der Waals surface area (Å²) in [4.78, 5) is 11.9. The number of hydrogen-bond acceptors (Lipinski definition) is 3. The second-order valence-corrected chi connectivity index (χ2v) is 5.33. The predicted molar refractivity (Wildman–Crippen MR) is 67.2 cm³/mol. The Morgan fingerprint density at radius 1 is 1.41 bits per heavy atom. The maximum atomic E-state index is 12.9. The number of thioether (sulfide) groups is 1. The maximum absolute atomic E-state index is 12.9. The van der Waals surface area contributed by atoms with E-state index in [1.165, 1.54) is 35.2 Å². The molecule has 1 aromatic carbocycles. The Morgan fingerprint density at radius 3 is 2.88 bits per heavy atom. The second-order valence-electron chi connectivity index (χ2n) is 3.37. The van der Waals surface area contributed by atoms with E-state index < -0.39 is 5.97 Å². The highest BCUT2D eigenvalue weighted by Crippen LogP contribution is 2.27. The van der Waals surface area contributed by atoms with E-state index in [0.717, 1.165) is 10.5 Å². The van der Waals surface area contributed by atoms with Crippen LogP contribution < -0.4 is 0 Å². The lowest BCUT2D eigenvalue weighted by Crippen LogP contribution is -1.89. The Balaban J connectivity index is 2.00. The van der Waals surface area contributed by atoms with Gasteiger partial charge in [0.05, 0.1) is 0 Å². The third-order valence-electron chi connectivity index (χ3n) is 2.08. The quantitative estimate of drug-likeness (QED) is 0.855. The minimum atomic E-state index is -0.910. The van der Waals surface area contributed by atoms with Crippen molar-refractivity contribution in [3.63, 3.8) is 0 Å². The highest BCUT2D eigenvalue weighted by molar-refractivity contribution is 7.98. The lowest BCUT2D eigenvalue weighted by atomic mass is 10.2. The summed E-state index contributed by atoms with van der Waals surface area (Å²) in [6.07, 6.45) is 0. The first kappa shape index (κ1) is 12.1. The molecule has 2 nitrogen and oxygen atoms in total. The molecule has 2 aromatic rings. The van der Waals surface area contributed by atoms with Gasteiger partial charge in [-0.1, -0.05) is 12.1 Å². The number of carbonyl (C=O) groups is 1. The first-order valence-corrected chi connectivity index (χ1v) is 6.71. The fourth-order valence-electron chi connectivity index (χ4n) is 1.30. The molecule has 0 amide bonds. The molecule has 0 bridgehead atoms. The van der Waals surface area contributed by atoms with Crippen LogP contribution in [0, 0.1) is 5.82 Å². The fraction of sp³-hybridized carbons (Fsp3) is 0.0833. The highest BCUT2D eigenvalue weighted by Gasteiger charge is 2.07. The zero-order chi connectivity index (χ0) is 12.3.